The number of ether oxygens (including phenoxy) is 2. The van der Waals surface area contributed by atoms with Crippen LogP contribution in [-0.4, -0.2) is 55.2 Å². The maximum atomic E-state index is 16.2. The number of unbranched alkanes of at least 4 members (excludes halogenated alkanes) is 1. The maximum absolute atomic E-state index is 16.2. The van der Waals surface area contributed by atoms with Gasteiger partial charge in [-0.05, 0) is 101 Å². The van der Waals surface area contributed by atoms with Crippen molar-refractivity contribution in [1.29, 1.82) is 0 Å². The molecule has 0 saturated carbocycles. The molecule has 3 aromatic rings. The number of halogens is 7. The van der Waals surface area contributed by atoms with Crippen molar-refractivity contribution < 1.29 is 49.8 Å². The van der Waals surface area contributed by atoms with Crippen LogP contribution in [0.3, 0.4) is 0 Å². The lowest BCUT2D eigenvalue weighted by Gasteiger charge is -2.26. The van der Waals surface area contributed by atoms with E-state index in [9.17, 15) is 40.7 Å². The Hall–Kier alpha value is -4.92. The first kappa shape index (κ1) is 44.5. The van der Waals surface area contributed by atoms with Crippen molar-refractivity contribution in [3.05, 3.63) is 111 Å². The van der Waals surface area contributed by atoms with Gasteiger partial charge in [0.05, 0.1) is 36.8 Å². The molecule has 0 aliphatic rings. The zero-order valence-electron chi connectivity index (χ0n) is 31.4. The fraction of sp³-hybridized carbons (Fsp3) is 0.425. The summed E-state index contributed by atoms with van der Waals surface area (Å²) in [5.41, 5.74) is -3.79. The normalized spacial score (nSPS) is 13.0. The van der Waals surface area contributed by atoms with Crippen molar-refractivity contribution in [1.82, 2.24) is 14.8 Å². The Bertz CT molecular complexity index is 1920. The van der Waals surface area contributed by atoms with Gasteiger partial charge in [-0.2, -0.15) is 26.3 Å². The van der Waals surface area contributed by atoms with Crippen LogP contribution in [0.5, 0.6) is 5.75 Å². The lowest BCUT2D eigenvalue weighted by atomic mass is 9.90. The van der Waals surface area contributed by atoms with Crippen LogP contribution < -0.4 is 15.6 Å². The number of rotatable bonds is 18. The Balaban J connectivity index is 2.27. The Morgan fingerprint density at radius 2 is 1.65 bits per heavy atom. The van der Waals surface area contributed by atoms with E-state index in [2.05, 4.69) is 18.5 Å². The number of carbonyl (C=O) groups is 2. The lowest BCUT2D eigenvalue weighted by molar-refractivity contribution is -0.144. The monoisotopic (exact) mass is 781 g/mol. The second kappa shape index (κ2) is 19.1. The molecule has 3 rings (SSSR count). The van der Waals surface area contributed by atoms with Crippen LogP contribution in [0.15, 0.2) is 66.6 Å². The van der Waals surface area contributed by atoms with E-state index >= 15 is 4.39 Å². The number of carbonyl (C=O) groups excluding carboxylic acids is 2. The van der Waals surface area contributed by atoms with Gasteiger partial charge in [0, 0.05) is 29.9 Å². The van der Waals surface area contributed by atoms with Crippen LogP contribution in [0.1, 0.15) is 78.1 Å². The summed E-state index contributed by atoms with van der Waals surface area (Å²) in [6.45, 7) is 12.3. The van der Waals surface area contributed by atoms with E-state index in [1.807, 2.05) is 0 Å². The van der Waals surface area contributed by atoms with Crippen LogP contribution in [-0.2, 0) is 33.1 Å². The topological polar surface area (TPSA) is 89.9 Å². The smallest absolute Gasteiger partial charge is 0.419 e. The molecule has 0 saturated heterocycles. The first-order chi connectivity index (χ1) is 25.7. The minimum atomic E-state index is -5.24. The summed E-state index contributed by atoms with van der Waals surface area (Å²) in [5, 5.41) is 2.41. The summed E-state index contributed by atoms with van der Waals surface area (Å²) in [4.78, 5) is 41.7. The van der Waals surface area contributed by atoms with Crippen molar-refractivity contribution >= 4 is 11.9 Å². The molecule has 1 heterocycles. The summed E-state index contributed by atoms with van der Waals surface area (Å²) in [6, 6.07) is 1.99. The van der Waals surface area contributed by atoms with E-state index in [0.717, 1.165) is 22.4 Å². The second-order valence-corrected chi connectivity index (χ2v) is 13.3. The molecule has 0 unspecified atom stereocenters. The molecule has 0 aliphatic carbocycles. The number of nitrogens with one attached hydrogen (secondary N) is 1. The van der Waals surface area contributed by atoms with Crippen LogP contribution in [0.25, 0.3) is 11.1 Å². The average molecular weight is 782 g/mol. The summed E-state index contributed by atoms with van der Waals surface area (Å²) < 4.78 is 114. The number of benzene rings is 2. The summed E-state index contributed by atoms with van der Waals surface area (Å²) >= 11 is 0. The lowest BCUT2D eigenvalue weighted by Crippen LogP contribution is -2.40. The van der Waals surface area contributed by atoms with Gasteiger partial charge in [-0.25, -0.2) is 4.39 Å². The minimum Gasteiger partial charge on any atom is -0.493 e. The molecule has 55 heavy (non-hydrogen) atoms. The molecule has 1 aromatic heterocycles. The summed E-state index contributed by atoms with van der Waals surface area (Å²) in [6.07, 6.45) is -6.50. The van der Waals surface area contributed by atoms with Crippen molar-refractivity contribution in [3.8, 4) is 16.9 Å². The van der Waals surface area contributed by atoms with Gasteiger partial charge in [0.1, 0.15) is 17.6 Å². The number of esters is 1. The molecule has 0 bridgehead atoms. The molecule has 0 fully saturated rings. The average Bonchev–Trinajstić information content (AvgIpc) is 3.07. The van der Waals surface area contributed by atoms with Crippen molar-refractivity contribution in [2.45, 2.75) is 77.3 Å². The van der Waals surface area contributed by atoms with Gasteiger partial charge < -0.3 is 24.3 Å². The zero-order chi connectivity index (χ0) is 41.2. The predicted octanol–water partition coefficient (Wildman–Crippen LogP) is 8.69. The number of amides is 1. The zero-order valence-corrected chi connectivity index (χ0v) is 31.4. The molecule has 1 amide bonds. The Kier molecular flexibility index (Phi) is 15.4. The number of aromatic nitrogens is 1. The van der Waals surface area contributed by atoms with E-state index in [0.29, 0.717) is 30.5 Å². The molecule has 0 spiro atoms. The second-order valence-electron chi connectivity index (χ2n) is 13.3. The highest BCUT2D eigenvalue weighted by atomic mass is 19.4. The van der Waals surface area contributed by atoms with Gasteiger partial charge in [-0.15, -0.1) is 13.2 Å². The van der Waals surface area contributed by atoms with Crippen LogP contribution >= 0.6 is 0 Å². The third-order valence-electron chi connectivity index (χ3n) is 8.64. The van der Waals surface area contributed by atoms with E-state index in [-0.39, 0.29) is 55.0 Å². The molecular weight excluding hydrogens is 735 g/mol. The van der Waals surface area contributed by atoms with Crippen molar-refractivity contribution in [2.24, 2.45) is 0 Å². The molecule has 2 aromatic carbocycles. The van der Waals surface area contributed by atoms with E-state index in [4.69, 9.17) is 9.47 Å². The molecular formula is C40H46F7N3O5. The van der Waals surface area contributed by atoms with Gasteiger partial charge in [0.15, 0.2) is 0 Å². The van der Waals surface area contributed by atoms with Crippen LogP contribution in [0, 0.1) is 19.7 Å². The molecule has 300 valence electrons. The first-order valence-corrected chi connectivity index (χ1v) is 17.5. The SMILES string of the molecule is C=CCCCOc1cc(C)cc(C)c1-c1cc([C@H](CC(=O)OCC)NC(=O)[C@H](CC=C)n2cc(CCN(C)C)c(C(F)(F)F)cc2=O)c(F)c(C(F)(F)F)c1. The number of allylic oxidation sites excluding steroid dienone is 2. The number of alkyl halides is 6. The standard InChI is InChI=1S/C40H46F7N3O5/c1-8-11-12-16-55-33-18-24(4)17-25(5)36(33)27-19-28(37(41)30(20-27)40(45,46)47)31(22-35(52)54-10-3)48-38(53)32(13-9-2)50-23-26(14-15-49(6)7)29(21-34(50)51)39(42,43)44/h8-9,17-21,23,31-32H,1-2,10-16,22H2,3-7H3,(H,48,53)/t31-,32-/m0/s1. The van der Waals surface area contributed by atoms with Crippen molar-refractivity contribution in [3.63, 3.8) is 0 Å². The molecule has 15 heteroatoms. The fourth-order valence-corrected chi connectivity index (χ4v) is 6.11. The predicted molar refractivity (Wildman–Crippen MR) is 195 cm³/mol. The maximum Gasteiger partial charge on any atom is 0.419 e. The quantitative estimate of drug-likeness (QED) is 0.0602. The number of hydrogen-bond acceptors (Lipinski definition) is 6. The third-order valence-corrected chi connectivity index (χ3v) is 8.64. The minimum absolute atomic E-state index is 0.129. The third kappa shape index (κ3) is 11.8. The number of pyridine rings is 1. The first-order valence-electron chi connectivity index (χ1n) is 17.5. The van der Waals surface area contributed by atoms with Crippen molar-refractivity contribution in [2.75, 3.05) is 33.9 Å². The Morgan fingerprint density at radius 3 is 2.24 bits per heavy atom. The molecule has 0 aliphatic heterocycles. The highest BCUT2D eigenvalue weighted by Gasteiger charge is 2.39. The van der Waals surface area contributed by atoms with Gasteiger partial charge in [-0.3, -0.25) is 14.4 Å². The van der Waals surface area contributed by atoms with Gasteiger partial charge in [-0.1, -0.05) is 18.2 Å². The van der Waals surface area contributed by atoms with Gasteiger partial charge >= 0.3 is 18.3 Å². The summed E-state index contributed by atoms with van der Waals surface area (Å²) in [5.74, 6) is -3.66. The van der Waals surface area contributed by atoms with E-state index in [1.165, 1.54) is 13.0 Å². The molecule has 2 atom stereocenters. The van der Waals surface area contributed by atoms with Gasteiger partial charge in [0.25, 0.3) is 5.56 Å². The van der Waals surface area contributed by atoms with E-state index < -0.39 is 70.8 Å². The van der Waals surface area contributed by atoms with Crippen LogP contribution in [0.2, 0.25) is 0 Å². The number of hydrogen-bond donors (Lipinski definition) is 1. The Labute approximate surface area is 315 Å². The number of aryl methyl sites for hydroxylation is 2. The van der Waals surface area contributed by atoms with Gasteiger partial charge in [0.2, 0.25) is 5.91 Å². The number of nitrogens with zero attached hydrogens (tertiary/aromatic N) is 2. The molecule has 8 nitrogen and oxygen atoms in total. The fourth-order valence-electron chi connectivity index (χ4n) is 6.11. The largest absolute Gasteiger partial charge is 0.493 e. The van der Waals surface area contributed by atoms with E-state index in [1.54, 1.807) is 51.1 Å². The highest BCUT2D eigenvalue weighted by Crippen LogP contribution is 2.42. The highest BCUT2D eigenvalue weighted by molar-refractivity contribution is 5.82. The Morgan fingerprint density at radius 1 is 0.982 bits per heavy atom. The van der Waals surface area contributed by atoms with Crippen LogP contribution in [0.4, 0.5) is 30.7 Å². The molecule has 0 radical (unpaired) electrons. The molecule has 1 N–H and O–H groups in total. The summed E-state index contributed by atoms with van der Waals surface area (Å²) in [7, 11) is 3.27. The number of likely N-dealkylation sites (N-methyl/N-ethyl adjacent to an activating group) is 1.